The first-order chi connectivity index (χ1) is 7.44. The van der Waals surface area contributed by atoms with E-state index in [9.17, 15) is 5.11 Å². The van der Waals surface area contributed by atoms with Gasteiger partial charge >= 0.3 is 0 Å². The predicted octanol–water partition coefficient (Wildman–Crippen LogP) is 3.31. The summed E-state index contributed by atoms with van der Waals surface area (Å²) in [4.78, 5) is 0. The highest BCUT2D eigenvalue weighted by Crippen LogP contribution is 2.36. The number of aliphatic hydroxyl groups excluding tert-OH is 1. The molecule has 0 saturated heterocycles. The molecule has 0 saturated carbocycles. The predicted molar refractivity (Wildman–Crippen MR) is 73.2 cm³/mol. The second-order valence-corrected chi connectivity index (χ2v) is 11.6. The van der Waals surface area contributed by atoms with Gasteiger partial charge in [0.1, 0.15) is 0 Å². The lowest BCUT2D eigenvalue weighted by atomic mass is 9.87. The van der Waals surface area contributed by atoms with E-state index in [2.05, 4.69) is 39.9 Å². The van der Waals surface area contributed by atoms with Crippen LogP contribution in [0.1, 0.15) is 41.0 Å². The van der Waals surface area contributed by atoms with Crippen LogP contribution in [0, 0.1) is 16.7 Å². The maximum absolute atomic E-state index is 9.89. The van der Waals surface area contributed by atoms with Crippen LogP contribution in [0.25, 0.3) is 0 Å². The first-order valence-electron chi connectivity index (χ1n) is 6.17. The summed E-state index contributed by atoms with van der Waals surface area (Å²) in [5.41, 5.74) is -0.698. The smallest absolute Gasteiger partial charge is 0.191 e. The minimum Gasteiger partial charge on any atom is -0.417 e. The molecule has 0 aromatic heterocycles. The maximum Gasteiger partial charge on any atom is 0.191 e. The molecule has 17 heavy (non-hydrogen) atoms. The van der Waals surface area contributed by atoms with Crippen LogP contribution < -0.4 is 0 Å². The Hall–Kier alpha value is -0.373. The van der Waals surface area contributed by atoms with Gasteiger partial charge in [-0.2, -0.15) is 5.26 Å². The fraction of sp³-hybridized carbons (Fsp3) is 0.923. The molecule has 1 N–H and O–H groups in total. The number of rotatable bonds is 5. The Labute approximate surface area is 107 Å². The first-order valence-corrected chi connectivity index (χ1v) is 9.08. The van der Waals surface area contributed by atoms with Gasteiger partial charge in [-0.25, -0.2) is 0 Å². The van der Waals surface area contributed by atoms with Crippen LogP contribution in [0.2, 0.25) is 18.1 Å². The van der Waals surface area contributed by atoms with Crippen molar-refractivity contribution in [3.8, 4) is 6.07 Å². The fourth-order valence-electron chi connectivity index (χ4n) is 1.08. The third-order valence-corrected chi connectivity index (χ3v) is 8.32. The Balaban J connectivity index is 4.23. The van der Waals surface area contributed by atoms with E-state index in [0.717, 1.165) is 0 Å². The van der Waals surface area contributed by atoms with Gasteiger partial charge in [-0.05, 0) is 38.4 Å². The lowest BCUT2D eigenvalue weighted by Crippen LogP contribution is -2.42. The highest BCUT2D eigenvalue weighted by Gasteiger charge is 2.37. The first kappa shape index (κ1) is 16.6. The van der Waals surface area contributed by atoms with E-state index in [4.69, 9.17) is 9.69 Å². The molecular formula is C13H27NO2Si. The lowest BCUT2D eigenvalue weighted by molar-refractivity contribution is 0.0622. The van der Waals surface area contributed by atoms with Crippen LogP contribution in [0.5, 0.6) is 0 Å². The summed E-state index contributed by atoms with van der Waals surface area (Å²) in [6.45, 7) is 15.0. The molecule has 0 aliphatic carbocycles. The SMILES string of the molecule is CC(C)(C#N)C(O)CCO[Si](C)(C)C(C)(C)C. The van der Waals surface area contributed by atoms with Crippen molar-refractivity contribution in [2.45, 2.75) is 65.3 Å². The van der Waals surface area contributed by atoms with Gasteiger partial charge in [-0.15, -0.1) is 0 Å². The molecule has 100 valence electrons. The molecule has 0 aromatic carbocycles. The second kappa shape index (κ2) is 5.51. The molecule has 1 atom stereocenters. The molecule has 4 heteroatoms. The van der Waals surface area contributed by atoms with Crippen molar-refractivity contribution in [3.63, 3.8) is 0 Å². The Morgan fingerprint density at radius 2 is 1.71 bits per heavy atom. The molecule has 0 bridgehead atoms. The summed E-state index contributed by atoms with van der Waals surface area (Å²) < 4.78 is 5.97. The van der Waals surface area contributed by atoms with E-state index in [1.165, 1.54) is 0 Å². The molecular weight excluding hydrogens is 230 g/mol. The van der Waals surface area contributed by atoms with Crippen LogP contribution in [-0.4, -0.2) is 26.1 Å². The Morgan fingerprint density at radius 1 is 1.24 bits per heavy atom. The molecule has 0 aromatic rings. The minimum atomic E-state index is -1.74. The molecule has 3 nitrogen and oxygen atoms in total. The number of nitriles is 1. The van der Waals surface area contributed by atoms with Crippen molar-refractivity contribution in [2.75, 3.05) is 6.61 Å². The van der Waals surface area contributed by atoms with Gasteiger partial charge in [0.25, 0.3) is 0 Å². The Morgan fingerprint density at radius 3 is 2.06 bits per heavy atom. The highest BCUT2D eigenvalue weighted by molar-refractivity contribution is 6.74. The molecule has 1 unspecified atom stereocenters. The molecule has 0 heterocycles. The average Bonchev–Trinajstić information content (AvgIpc) is 2.15. The normalized spacial score (nSPS) is 15.5. The number of hydrogen-bond donors (Lipinski definition) is 1. The van der Waals surface area contributed by atoms with Gasteiger partial charge in [0.15, 0.2) is 8.32 Å². The Bertz CT molecular complexity index is 287. The van der Waals surface area contributed by atoms with Crippen molar-refractivity contribution < 1.29 is 9.53 Å². The zero-order chi connectivity index (χ0) is 13.9. The average molecular weight is 257 g/mol. The van der Waals surface area contributed by atoms with Crippen molar-refractivity contribution in [1.82, 2.24) is 0 Å². The van der Waals surface area contributed by atoms with E-state index in [-0.39, 0.29) is 5.04 Å². The summed E-state index contributed by atoms with van der Waals surface area (Å²) in [7, 11) is -1.74. The maximum atomic E-state index is 9.89. The summed E-state index contributed by atoms with van der Waals surface area (Å²) in [5, 5.41) is 19.0. The summed E-state index contributed by atoms with van der Waals surface area (Å²) in [6, 6.07) is 2.12. The second-order valence-electron chi connectivity index (χ2n) is 6.75. The van der Waals surface area contributed by atoms with E-state index in [0.29, 0.717) is 13.0 Å². The minimum absolute atomic E-state index is 0.183. The fourth-order valence-corrected chi connectivity index (χ4v) is 2.14. The summed E-state index contributed by atoms with van der Waals surface area (Å²) >= 11 is 0. The van der Waals surface area contributed by atoms with Crippen LogP contribution in [-0.2, 0) is 4.43 Å². The molecule has 0 radical (unpaired) electrons. The number of nitrogens with zero attached hydrogens (tertiary/aromatic N) is 1. The monoisotopic (exact) mass is 257 g/mol. The largest absolute Gasteiger partial charge is 0.417 e. The van der Waals surface area contributed by atoms with Gasteiger partial charge in [-0.1, -0.05) is 20.8 Å². The van der Waals surface area contributed by atoms with Crippen LogP contribution >= 0.6 is 0 Å². The van der Waals surface area contributed by atoms with Gasteiger partial charge in [0, 0.05) is 6.61 Å². The van der Waals surface area contributed by atoms with Crippen LogP contribution in [0.15, 0.2) is 0 Å². The van der Waals surface area contributed by atoms with Gasteiger partial charge in [0.2, 0.25) is 0 Å². The third-order valence-electron chi connectivity index (χ3n) is 3.78. The standard InChI is InChI=1S/C13H27NO2Si/c1-12(2,3)17(6,7)16-9-8-11(15)13(4,5)10-14/h11,15H,8-9H2,1-7H3. The van der Waals surface area contributed by atoms with E-state index in [1.54, 1.807) is 13.8 Å². The van der Waals surface area contributed by atoms with Crippen molar-refractivity contribution in [3.05, 3.63) is 0 Å². The molecule has 0 aliphatic rings. The van der Waals surface area contributed by atoms with Gasteiger partial charge in [-0.3, -0.25) is 0 Å². The Kier molecular flexibility index (Phi) is 5.39. The van der Waals surface area contributed by atoms with E-state index < -0.39 is 19.8 Å². The zero-order valence-electron chi connectivity index (χ0n) is 12.3. The van der Waals surface area contributed by atoms with Gasteiger partial charge < -0.3 is 9.53 Å². The molecule has 0 rings (SSSR count). The number of aliphatic hydroxyl groups is 1. The third kappa shape index (κ3) is 4.78. The van der Waals surface area contributed by atoms with Crippen molar-refractivity contribution in [1.29, 1.82) is 5.26 Å². The topological polar surface area (TPSA) is 53.2 Å². The summed E-state index contributed by atoms with van der Waals surface area (Å²) in [5.74, 6) is 0. The number of hydrogen-bond acceptors (Lipinski definition) is 3. The van der Waals surface area contributed by atoms with Gasteiger partial charge in [0.05, 0.1) is 17.6 Å². The van der Waals surface area contributed by atoms with Crippen LogP contribution in [0.3, 0.4) is 0 Å². The summed E-state index contributed by atoms with van der Waals surface area (Å²) in [6.07, 6.45) is -0.107. The van der Waals surface area contributed by atoms with Crippen molar-refractivity contribution in [2.24, 2.45) is 5.41 Å². The van der Waals surface area contributed by atoms with E-state index in [1.807, 2.05) is 0 Å². The molecule has 0 fully saturated rings. The quantitative estimate of drug-likeness (QED) is 0.769. The molecule has 0 aliphatic heterocycles. The molecule has 0 spiro atoms. The highest BCUT2D eigenvalue weighted by atomic mass is 28.4. The van der Waals surface area contributed by atoms with E-state index >= 15 is 0 Å². The zero-order valence-corrected chi connectivity index (χ0v) is 13.3. The lowest BCUT2D eigenvalue weighted by Gasteiger charge is -2.36. The van der Waals surface area contributed by atoms with Crippen molar-refractivity contribution >= 4 is 8.32 Å². The van der Waals surface area contributed by atoms with Crippen LogP contribution in [0.4, 0.5) is 0 Å². The molecule has 0 amide bonds.